The molecule has 5 heteroatoms. The molecule has 1 aliphatic rings. The number of halogens is 3. The van der Waals surface area contributed by atoms with Crippen LogP contribution in [-0.4, -0.2) is 44.5 Å². The zero-order valence-electron chi connectivity index (χ0n) is 9.96. The Kier molecular flexibility index (Phi) is 4.35. The molecule has 1 aliphatic carbocycles. The summed E-state index contributed by atoms with van der Waals surface area (Å²) >= 11 is 0. The standard InChI is InChI=1S/C11H19F3N2/c1-15-7-8-4-5-9(11(12,13)14)6-10(8)16(2)3/h7-10H,4-6H2,1-3H3/b15-7+/t8?,9-,10-/m0/s1. The second-order valence-electron chi connectivity index (χ2n) is 4.65. The van der Waals surface area contributed by atoms with E-state index >= 15 is 0 Å². The van der Waals surface area contributed by atoms with E-state index in [1.165, 1.54) is 0 Å². The van der Waals surface area contributed by atoms with E-state index in [9.17, 15) is 13.2 Å². The highest BCUT2D eigenvalue weighted by Gasteiger charge is 2.44. The van der Waals surface area contributed by atoms with Gasteiger partial charge < -0.3 is 9.89 Å². The van der Waals surface area contributed by atoms with Crippen LogP contribution in [-0.2, 0) is 0 Å². The largest absolute Gasteiger partial charge is 0.391 e. The van der Waals surface area contributed by atoms with Gasteiger partial charge in [-0.3, -0.25) is 0 Å². The van der Waals surface area contributed by atoms with Crippen LogP contribution in [0.1, 0.15) is 19.3 Å². The van der Waals surface area contributed by atoms with Gasteiger partial charge in [0.1, 0.15) is 0 Å². The molecule has 0 spiro atoms. The number of hydrogen-bond donors (Lipinski definition) is 0. The van der Waals surface area contributed by atoms with Gasteiger partial charge in [0.25, 0.3) is 0 Å². The summed E-state index contributed by atoms with van der Waals surface area (Å²) in [6.07, 6.45) is -1.28. The predicted molar refractivity (Wildman–Crippen MR) is 58.8 cm³/mol. The predicted octanol–water partition coefficient (Wildman–Crippen LogP) is 2.60. The number of alkyl halides is 3. The second kappa shape index (κ2) is 5.17. The first-order chi connectivity index (χ1) is 7.36. The van der Waals surface area contributed by atoms with Crippen LogP contribution in [0.4, 0.5) is 13.2 Å². The highest BCUT2D eigenvalue weighted by Crippen LogP contribution is 2.40. The Labute approximate surface area is 94.5 Å². The summed E-state index contributed by atoms with van der Waals surface area (Å²) < 4.78 is 37.9. The van der Waals surface area contributed by atoms with E-state index < -0.39 is 12.1 Å². The van der Waals surface area contributed by atoms with Crippen molar-refractivity contribution in [3.05, 3.63) is 0 Å². The van der Waals surface area contributed by atoms with Gasteiger partial charge in [0, 0.05) is 25.2 Å². The Morgan fingerprint density at radius 3 is 2.31 bits per heavy atom. The van der Waals surface area contributed by atoms with Crippen molar-refractivity contribution in [2.45, 2.75) is 31.5 Å². The van der Waals surface area contributed by atoms with Crippen LogP contribution in [0, 0.1) is 11.8 Å². The molecule has 0 aromatic carbocycles. The lowest BCUT2D eigenvalue weighted by atomic mass is 9.78. The third-order valence-electron chi connectivity index (χ3n) is 3.34. The maximum Gasteiger partial charge on any atom is 0.391 e. The molecule has 0 saturated heterocycles. The summed E-state index contributed by atoms with van der Waals surface area (Å²) in [5.41, 5.74) is 0. The van der Waals surface area contributed by atoms with Crippen molar-refractivity contribution in [1.82, 2.24) is 4.90 Å². The van der Waals surface area contributed by atoms with Gasteiger partial charge in [0.2, 0.25) is 0 Å². The van der Waals surface area contributed by atoms with Crippen LogP contribution < -0.4 is 0 Å². The van der Waals surface area contributed by atoms with Crippen LogP contribution in [0.2, 0.25) is 0 Å². The lowest BCUT2D eigenvalue weighted by Gasteiger charge is -2.38. The van der Waals surface area contributed by atoms with E-state index in [1.54, 1.807) is 13.3 Å². The first-order valence-electron chi connectivity index (χ1n) is 5.51. The molecular weight excluding hydrogens is 217 g/mol. The van der Waals surface area contributed by atoms with E-state index in [1.807, 2.05) is 19.0 Å². The fourth-order valence-electron chi connectivity index (χ4n) is 2.43. The van der Waals surface area contributed by atoms with E-state index in [-0.39, 0.29) is 24.8 Å². The maximum absolute atomic E-state index is 12.6. The molecule has 2 nitrogen and oxygen atoms in total. The van der Waals surface area contributed by atoms with Crippen LogP contribution >= 0.6 is 0 Å². The first-order valence-corrected chi connectivity index (χ1v) is 5.51. The number of aliphatic imine (C=N–C) groups is 1. The van der Waals surface area contributed by atoms with Crippen LogP contribution in [0.5, 0.6) is 0 Å². The van der Waals surface area contributed by atoms with Crippen molar-refractivity contribution in [1.29, 1.82) is 0 Å². The fraction of sp³-hybridized carbons (Fsp3) is 0.909. The summed E-state index contributed by atoms with van der Waals surface area (Å²) in [6.45, 7) is 0. The Morgan fingerprint density at radius 2 is 1.88 bits per heavy atom. The van der Waals surface area contributed by atoms with Crippen LogP contribution in [0.3, 0.4) is 0 Å². The molecule has 0 bridgehead atoms. The SMILES string of the molecule is C/N=C/C1CC[C@H](C(F)(F)F)C[C@@H]1N(C)C. The number of nitrogens with zero attached hydrogens (tertiary/aromatic N) is 2. The lowest BCUT2D eigenvalue weighted by molar-refractivity contribution is -0.187. The van der Waals surface area contributed by atoms with Crippen molar-refractivity contribution < 1.29 is 13.2 Å². The number of hydrogen-bond acceptors (Lipinski definition) is 2. The Bertz CT molecular complexity index is 248. The molecule has 1 saturated carbocycles. The van der Waals surface area contributed by atoms with Gasteiger partial charge in [-0.25, -0.2) is 0 Å². The maximum atomic E-state index is 12.6. The van der Waals surface area contributed by atoms with Crippen molar-refractivity contribution in [3.8, 4) is 0 Å². The minimum absolute atomic E-state index is 0.0518. The molecule has 0 aromatic rings. The Hall–Kier alpha value is -0.580. The topological polar surface area (TPSA) is 15.6 Å². The molecule has 1 rings (SSSR count). The minimum atomic E-state index is -4.05. The quantitative estimate of drug-likeness (QED) is 0.673. The molecule has 1 fully saturated rings. The third kappa shape index (κ3) is 3.20. The summed E-state index contributed by atoms with van der Waals surface area (Å²) in [4.78, 5) is 5.83. The van der Waals surface area contributed by atoms with Gasteiger partial charge in [0.15, 0.2) is 0 Å². The molecule has 3 atom stereocenters. The van der Waals surface area contributed by atoms with Crippen LogP contribution in [0.25, 0.3) is 0 Å². The lowest BCUT2D eigenvalue weighted by Crippen LogP contribution is -2.44. The van der Waals surface area contributed by atoms with Crippen molar-refractivity contribution >= 4 is 6.21 Å². The molecule has 94 valence electrons. The molecule has 0 aliphatic heterocycles. The highest BCUT2D eigenvalue weighted by molar-refractivity contribution is 5.61. The summed E-state index contributed by atoms with van der Waals surface area (Å²) in [5.74, 6) is -1.000. The molecule has 0 amide bonds. The monoisotopic (exact) mass is 236 g/mol. The van der Waals surface area contributed by atoms with Gasteiger partial charge >= 0.3 is 6.18 Å². The molecule has 0 aromatic heterocycles. The fourth-order valence-corrected chi connectivity index (χ4v) is 2.43. The van der Waals surface area contributed by atoms with E-state index in [0.29, 0.717) is 6.42 Å². The van der Waals surface area contributed by atoms with Crippen molar-refractivity contribution in [2.75, 3.05) is 21.1 Å². The summed E-state index contributed by atoms with van der Waals surface area (Å²) in [6, 6.07) is -0.0518. The number of rotatable bonds is 2. The minimum Gasteiger partial charge on any atom is -0.306 e. The zero-order valence-corrected chi connectivity index (χ0v) is 9.96. The normalized spacial score (nSPS) is 32.6. The molecule has 0 heterocycles. The third-order valence-corrected chi connectivity index (χ3v) is 3.34. The van der Waals surface area contributed by atoms with Crippen molar-refractivity contribution in [3.63, 3.8) is 0 Å². The van der Waals surface area contributed by atoms with Crippen LogP contribution in [0.15, 0.2) is 4.99 Å². The molecular formula is C11H19F3N2. The second-order valence-corrected chi connectivity index (χ2v) is 4.65. The van der Waals surface area contributed by atoms with E-state index in [0.717, 1.165) is 0 Å². The average molecular weight is 236 g/mol. The Morgan fingerprint density at radius 1 is 1.25 bits per heavy atom. The molecule has 0 N–H and O–H groups in total. The van der Waals surface area contributed by atoms with Gasteiger partial charge in [-0.2, -0.15) is 13.2 Å². The summed E-state index contributed by atoms with van der Waals surface area (Å²) in [7, 11) is 5.34. The first kappa shape index (κ1) is 13.5. The van der Waals surface area contributed by atoms with Gasteiger partial charge in [0.05, 0.1) is 5.92 Å². The van der Waals surface area contributed by atoms with Gasteiger partial charge in [-0.05, 0) is 33.4 Å². The average Bonchev–Trinajstić information content (AvgIpc) is 2.16. The molecule has 0 radical (unpaired) electrons. The van der Waals surface area contributed by atoms with Crippen molar-refractivity contribution in [2.24, 2.45) is 16.8 Å². The highest BCUT2D eigenvalue weighted by atomic mass is 19.4. The van der Waals surface area contributed by atoms with Gasteiger partial charge in [-0.15, -0.1) is 0 Å². The van der Waals surface area contributed by atoms with Gasteiger partial charge in [-0.1, -0.05) is 0 Å². The van der Waals surface area contributed by atoms with E-state index in [2.05, 4.69) is 4.99 Å². The zero-order chi connectivity index (χ0) is 12.3. The molecule has 1 unspecified atom stereocenters. The Balaban J connectivity index is 2.72. The van der Waals surface area contributed by atoms with E-state index in [4.69, 9.17) is 0 Å². The summed E-state index contributed by atoms with van der Waals surface area (Å²) in [5, 5.41) is 0. The smallest absolute Gasteiger partial charge is 0.306 e. The molecule has 16 heavy (non-hydrogen) atoms.